The fourth-order valence-corrected chi connectivity index (χ4v) is 3.71. The van der Waals surface area contributed by atoms with E-state index in [1.807, 2.05) is 35.2 Å². The highest BCUT2D eigenvalue weighted by Crippen LogP contribution is 2.23. The van der Waals surface area contributed by atoms with Gasteiger partial charge in [-0.25, -0.2) is 4.98 Å². The summed E-state index contributed by atoms with van der Waals surface area (Å²) in [5, 5.41) is 0. The lowest BCUT2D eigenvalue weighted by molar-refractivity contribution is 0.0595. The quantitative estimate of drug-likeness (QED) is 0.581. The third-order valence-electron chi connectivity index (χ3n) is 5.48. The number of hydrogen-bond acceptors (Lipinski definition) is 4. The summed E-state index contributed by atoms with van der Waals surface area (Å²) in [4.78, 5) is 19.4. The number of rotatable bonds is 6. The molecule has 1 saturated heterocycles. The van der Waals surface area contributed by atoms with E-state index in [-0.39, 0.29) is 12.0 Å². The van der Waals surface area contributed by atoms with E-state index in [9.17, 15) is 4.79 Å². The molecule has 0 radical (unpaired) electrons. The zero-order chi connectivity index (χ0) is 20.2. The average molecular weight is 392 g/mol. The molecule has 0 atom stereocenters. The van der Waals surface area contributed by atoms with E-state index in [0.717, 1.165) is 54.8 Å². The number of unbranched alkanes of at least 4 members (excludes halogenated alkanes) is 1. The van der Waals surface area contributed by atoms with E-state index in [2.05, 4.69) is 31.0 Å². The number of benzene rings is 2. The molecule has 29 heavy (non-hydrogen) atoms. The van der Waals surface area contributed by atoms with Crippen LogP contribution in [-0.4, -0.2) is 35.0 Å². The molecule has 0 aliphatic carbocycles. The molecule has 2 heterocycles. The maximum atomic E-state index is 13.0. The molecule has 2 aromatic carbocycles. The van der Waals surface area contributed by atoms with Gasteiger partial charge in [-0.3, -0.25) is 4.79 Å². The number of piperidine rings is 1. The van der Waals surface area contributed by atoms with Gasteiger partial charge in [0, 0.05) is 37.9 Å². The number of ether oxygens (including phenoxy) is 1. The number of aryl methyl sites for hydroxylation is 2. The molecule has 4 rings (SSSR count). The van der Waals surface area contributed by atoms with Gasteiger partial charge in [-0.05, 0) is 43.7 Å². The molecule has 0 bridgehead atoms. The zero-order valence-electron chi connectivity index (χ0n) is 17.2. The molecule has 5 nitrogen and oxygen atoms in total. The number of amides is 1. The van der Waals surface area contributed by atoms with Crippen molar-refractivity contribution in [3.63, 3.8) is 0 Å². The van der Waals surface area contributed by atoms with Crippen LogP contribution in [0.5, 0.6) is 5.75 Å². The Balaban J connectivity index is 1.36. The van der Waals surface area contributed by atoms with Gasteiger partial charge in [0.25, 0.3) is 5.91 Å². The minimum Gasteiger partial charge on any atom is -0.490 e. The van der Waals surface area contributed by atoms with Gasteiger partial charge in [-0.1, -0.05) is 31.0 Å². The molecule has 3 aromatic rings. The lowest BCUT2D eigenvalue weighted by Gasteiger charge is -2.32. The molecule has 1 fully saturated rings. The molecule has 1 aliphatic rings. The van der Waals surface area contributed by atoms with Crippen LogP contribution >= 0.6 is 0 Å². The summed E-state index contributed by atoms with van der Waals surface area (Å²) in [6.07, 6.45) is 4.83. The number of hydrogen-bond donors (Lipinski definition) is 0. The minimum absolute atomic E-state index is 0.0544. The van der Waals surface area contributed by atoms with Crippen LogP contribution in [-0.2, 0) is 6.42 Å². The summed E-state index contributed by atoms with van der Waals surface area (Å²) >= 11 is 0. The van der Waals surface area contributed by atoms with Gasteiger partial charge in [0.2, 0.25) is 0 Å². The van der Waals surface area contributed by atoms with Crippen LogP contribution in [0.2, 0.25) is 0 Å². The third kappa shape index (κ3) is 4.61. The number of carbonyl (C=O) groups excluding carboxylic acids is 1. The average Bonchev–Trinajstić information content (AvgIpc) is 3.16. The van der Waals surface area contributed by atoms with Crippen molar-refractivity contribution >= 4 is 17.0 Å². The van der Waals surface area contributed by atoms with Crippen LogP contribution in [0, 0.1) is 6.92 Å². The summed E-state index contributed by atoms with van der Waals surface area (Å²) in [5.41, 5.74) is 3.41. The molecule has 0 saturated carbocycles. The van der Waals surface area contributed by atoms with Crippen LogP contribution in [0.3, 0.4) is 0 Å². The number of nitrogens with zero attached hydrogens (tertiary/aromatic N) is 2. The molecule has 152 valence electrons. The Morgan fingerprint density at radius 2 is 1.93 bits per heavy atom. The lowest BCUT2D eigenvalue weighted by Crippen LogP contribution is -2.41. The third-order valence-corrected chi connectivity index (χ3v) is 5.48. The largest absolute Gasteiger partial charge is 0.490 e. The summed E-state index contributed by atoms with van der Waals surface area (Å²) < 4.78 is 11.9. The summed E-state index contributed by atoms with van der Waals surface area (Å²) in [5.74, 6) is 1.70. The fraction of sp³-hybridized carbons (Fsp3) is 0.417. The predicted octanol–water partition coefficient (Wildman–Crippen LogP) is 5.16. The summed E-state index contributed by atoms with van der Waals surface area (Å²) in [6.45, 7) is 5.62. The standard InChI is InChI=1S/C24H28N2O3/c1-3-4-5-23-25-21-16-18(8-11-22(21)29-23)24(27)26-14-12-20(13-15-26)28-19-9-6-17(2)7-10-19/h6-11,16,20H,3-5,12-15H2,1-2H3. The normalized spacial score (nSPS) is 15.0. The van der Waals surface area contributed by atoms with E-state index >= 15 is 0 Å². The lowest BCUT2D eigenvalue weighted by atomic mass is 10.1. The maximum absolute atomic E-state index is 13.0. The molecule has 0 N–H and O–H groups in total. The molecular formula is C24H28N2O3. The monoisotopic (exact) mass is 392 g/mol. The highest BCUT2D eigenvalue weighted by atomic mass is 16.5. The molecule has 0 spiro atoms. The van der Waals surface area contributed by atoms with Crippen LogP contribution in [0.1, 0.15) is 54.4 Å². The Morgan fingerprint density at radius 1 is 1.17 bits per heavy atom. The molecule has 1 aliphatic heterocycles. The Hall–Kier alpha value is -2.82. The van der Waals surface area contributed by atoms with E-state index in [1.54, 1.807) is 0 Å². The van der Waals surface area contributed by atoms with E-state index < -0.39 is 0 Å². The first kappa shape index (κ1) is 19.5. The fourth-order valence-electron chi connectivity index (χ4n) is 3.71. The van der Waals surface area contributed by atoms with Gasteiger partial charge in [-0.15, -0.1) is 0 Å². The van der Waals surface area contributed by atoms with E-state index in [0.29, 0.717) is 18.7 Å². The van der Waals surface area contributed by atoms with Crippen molar-refractivity contribution in [2.24, 2.45) is 0 Å². The van der Waals surface area contributed by atoms with Crippen molar-refractivity contribution in [1.29, 1.82) is 0 Å². The second kappa shape index (κ2) is 8.68. The number of carbonyl (C=O) groups is 1. The van der Waals surface area contributed by atoms with Crippen molar-refractivity contribution in [3.05, 3.63) is 59.5 Å². The first-order chi connectivity index (χ1) is 14.1. The van der Waals surface area contributed by atoms with Crippen LogP contribution < -0.4 is 4.74 Å². The SMILES string of the molecule is CCCCc1nc2cc(C(=O)N3CCC(Oc4ccc(C)cc4)CC3)ccc2o1. The number of oxazole rings is 1. The maximum Gasteiger partial charge on any atom is 0.253 e. The van der Waals surface area contributed by atoms with E-state index in [4.69, 9.17) is 9.15 Å². The second-order valence-corrected chi connectivity index (χ2v) is 7.82. The predicted molar refractivity (Wildman–Crippen MR) is 113 cm³/mol. The zero-order valence-corrected chi connectivity index (χ0v) is 17.2. The number of aromatic nitrogens is 1. The second-order valence-electron chi connectivity index (χ2n) is 7.82. The van der Waals surface area contributed by atoms with Gasteiger partial charge in [0.15, 0.2) is 11.5 Å². The number of likely N-dealkylation sites (tertiary alicyclic amines) is 1. The molecule has 1 amide bonds. The van der Waals surface area contributed by atoms with Crippen LogP contribution in [0.25, 0.3) is 11.1 Å². The van der Waals surface area contributed by atoms with Crippen LogP contribution in [0.15, 0.2) is 46.9 Å². The van der Waals surface area contributed by atoms with Gasteiger partial charge in [0.05, 0.1) is 0 Å². The number of fused-ring (bicyclic) bond motifs is 1. The molecule has 5 heteroatoms. The first-order valence-corrected chi connectivity index (χ1v) is 10.5. The Bertz CT molecular complexity index is 969. The Kier molecular flexibility index (Phi) is 5.84. The van der Waals surface area contributed by atoms with Crippen molar-refractivity contribution in [2.75, 3.05) is 13.1 Å². The Labute approximate surface area is 171 Å². The van der Waals surface area contributed by atoms with Gasteiger partial charge < -0.3 is 14.1 Å². The Morgan fingerprint density at radius 3 is 2.66 bits per heavy atom. The van der Waals surface area contributed by atoms with Crippen LogP contribution in [0.4, 0.5) is 0 Å². The van der Waals surface area contributed by atoms with Crippen molar-refractivity contribution < 1.29 is 13.9 Å². The topological polar surface area (TPSA) is 55.6 Å². The summed E-state index contributed by atoms with van der Waals surface area (Å²) in [6, 6.07) is 13.7. The highest BCUT2D eigenvalue weighted by molar-refractivity contribution is 5.97. The molecule has 0 unspecified atom stereocenters. The molecular weight excluding hydrogens is 364 g/mol. The van der Waals surface area contributed by atoms with Crippen molar-refractivity contribution in [2.45, 2.75) is 52.1 Å². The first-order valence-electron chi connectivity index (χ1n) is 10.5. The summed E-state index contributed by atoms with van der Waals surface area (Å²) in [7, 11) is 0. The molecule has 1 aromatic heterocycles. The smallest absolute Gasteiger partial charge is 0.253 e. The van der Waals surface area contributed by atoms with E-state index in [1.165, 1.54) is 5.56 Å². The van der Waals surface area contributed by atoms with Crippen molar-refractivity contribution in [3.8, 4) is 5.75 Å². The van der Waals surface area contributed by atoms with Gasteiger partial charge in [0.1, 0.15) is 17.4 Å². The van der Waals surface area contributed by atoms with Crippen molar-refractivity contribution in [1.82, 2.24) is 9.88 Å². The minimum atomic E-state index is 0.0544. The van der Waals surface area contributed by atoms with Gasteiger partial charge >= 0.3 is 0 Å². The highest BCUT2D eigenvalue weighted by Gasteiger charge is 2.25. The van der Waals surface area contributed by atoms with Gasteiger partial charge in [-0.2, -0.15) is 0 Å².